The highest BCUT2D eigenvalue weighted by molar-refractivity contribution is 5.87. The first-order valence-corrected chi connectivity index (χ1v) is 8.92. The number of piperazine rings is 1. The van der Waals surface area contributed by atoms with Crippen LogP contribution in [0.3, 0.4) is 0 Å². The highest BCUT2D eigenvalue weighted by Gasteiger charge is 2.19. The molecule has 0 spiro atoms. The summed E-state index contributed by atoms with van der Waals surface area (Å²) in [5, 5.41) is 2.63. The summed E-state index contributed by atoms with van der Waals surface area (Å²) < 4.78 is 5.77. The van der Waals surface area contributed by atoms with Crippen molar-refractivity contribution in [2.75, 3.05) is 43.4 Å². The Labute approximate surface area is 158 Å². The normalized spacial score (nSPS) is 14.9. The summed E-state index contributed by atoms with van der Waals surface area (Å²) in [6.45, 7) is 8.73. The molecule has 0 aliphatic carbocycles. The molecule has 144 valence electrons. The number of amides is 1. The maximum atomic E-state index is 11.3. The average Bonchev–Trinajstić information content (AvgIpc) is 2.61. The molecule has 1 fully saturated rings. The summed E-state index contributed by atoms with van der Waals surface area (Å²) in [5.74, 6) is 2.16. The lowest BCUT2D eigenvalue weighted by Crippen LogP contribution is -2.45. The average molecular weight is 372 g/mol. The standard InChI is InChI=1S/C17H24N8O2/c1-5-13-21-16(25-8-6-24(4)7-9-25)23-17(22-13)27-15-10-14(20-12(3)26)18-11(2)19-15/h10H,5-9H2,1-4H3,(H,18,19,20,26). The monoisotopic (exact) mass is 372 g/mol. The Bertz CT molecular complexity index is 821. The van der Waals surface area contributed by atoms with Crippen molar-refractivity contribution < 1.29 is 9.53 Å². The minimum absolute atomic E-state index is 0.183. The van der Waals surface area contributed by atoms with Gasteiger partial charge in [0.15, 0.2) is 0 Å². The highest BCUT2D eigenvalue weighted by atomic mass is 16.5. The van der Waals surface area contributed by atoms with Crippen LogP contribution in [0.4, 0.5) is 11.8 Å². The lowest BCUT2D eigenvalue weighted by molar-refractivity contribution is -0.114. The number of anilines is 2. The predicted molar refractivity (Wildman–Crippen MR) is 100 cm³/mol. The second-order valence-electron chi connectivity index (χ2n) is 6.40. The summed E-state index contributed by atoms with van der Waals surface area (Å²) in [5.41, 5.74) is 0. The van der Waals surface area contributed by atoms with E-state index in [4.69, 9.17) is 4.74 Å². The van der Waals surface area contributed by atoms with Gasteiger partial charge in [-0.2, -0.15) is 19.9 Å². The number of aryl methyl sites for hydroxylation is 2. The third kappa shape index (κ3) is 5.07. The van der Waals surface area contributed by atoms with Crippen LogP contribution in [0.15, 0.2) is 6.07 Å². The van der Waals surface area contributed by atoms with Crippen LogP contribution >= 0.6 is 0 Å². The first kappa shape index (κ1) is 18.9. The summed E-state index contributed by atoms with van der Waals surface area (Å²) >= 11 is 0. The van der Waals surface area contributed by atoms with E-state index in [-0.39, 0.29) is 17.8 Å². The van der Waals surface area contributed by atoms with Crippen LogP contribution < -0.4 is 15.0 Å². The Kier molecular flexibility index (Phi) is 5.75. The second-order valence-corrected chi connectivity index (χ2v) is 6.40. The van der Waals surface area contributed by atoms with E-state index < -0.39 is 0 Å². The number of hydrogen-bond acceptors (Lipinski definition) is 9. The van der Waals surface area contributed by atoms with Gasteiger partial charge < -0.3 is 19.9 Å². The molecule has 1 aliphatic heterocycles. The highest BCUT2D eigenvalue weighted by Crippen LogP contribution is 2.21. The molecule has 1 aliphatic rings. The first-order valence-electron chi connectivity index (χ1n) is 8.92. The molecule has 0 atom stereocenters. The number of rotatable bonds is 5. The number of nitrogens with one attached hydrogen (secondary N) is 1. The van der Waals surface area contributed by atoms with Crippen molar-refractivity contribution in [3.05, 3.63) is 17.7 Å². The lowest BCUT2D eigenvalue weighted by Gasteiger charge is -2.32. The lowest BCUT2D eigenvalue weighted by atomic mass is 10.3. The molecule has 2 aromatic heterocycles. The van der Waals surface area contributed by atoms with Gasteiger partial charge in [-0.3, -0.25) is 4.79 Å². The van der Waals surface area contributed by atoms with E-state index in [1.165, 1.54) is 6.92 Å². The van der Waals surface area contributed by atoms with Gasteiger partial charge in [0.25, 0.3) is 0 Å². The van der Waals surface area contributed by atoms with Gasteiger partial charge in [-0.1, -0.05) is 6.92 Å². The number of ether oxygens (including phenoxy) is 1. The van der Waals surface area contributed by atoms with Crippen LogP contribution in [0.1, 0.15) is 25.5 Å². The van der Waals surface area contributed by atoms with Crippen LogP contribution in [-0.4, -0.2) is 69.0 Å². The summed E-state index contributed by atoms with van der Waals surface area (Å²) in [6, 6.07) is 1.72. The molecule has 0 saturated carbocycles. The van der Waals surface area contributed by atoms with Crippen molar-refractivity contribution in [1.82, 2.24) is 29.8 Å². The van der Waals surface area contributed by atoms with E-state index in [1.807, 2.05) is 6.92 Å². The number of carbonyl (C=O) groups excluding carboxylic acids is 1. The van der Waals surface area contributed by atoms with Gasteiger partial charge in [0.1, 0.15) is 17.5 Å². The van der Waals surface area contributed by atoms with Gasteiger partial charge in [-0.05, 0) is 14.0 Å². The maximum Gasteiger partial charge on any atom is 0.328 e. The number of carbonyl (C=O) groups is 1. The summed E-state index contributed by atoms with van der Waals surface area (Å²) in [7, 11) is 2.10. The van der Waals surface area contributed by atoms with Crippen LogP contribution in [0, 0.1) is 6.92 Å². The predicted octanol–water partition coefficient (Wildman–Crippen LogP) is 1.03. The molecule has 1 N–H and O–H groups in total. The van der Waals surface area contributed by atoms with Crippen LogP contribution in [0.25, 0.3) is 0 Å². The quantitative estimate of drug-likeness (QED) is 0.823. The van der Waals surface area contributed by atoms with E-state index in [0.29, 0.717) is 29.8 Å². The SMILES string of the molecule is CCc1nc(Oc2cc(NC(C)=O)nc(C)n2)nc(N2CCN(C)CC2)n1. The molecular formula is C17H24N8O2. The smallest absolute Gasteiger partial charge is 0.328 e. The molecule has 2 aromatic rings. The van der Waals surface area contributed by atoms with Crippen molar-refractivity contribution in [1.29, 1.82) is 0 Å². The minimum atomic E-state index is -0.218. The second kappa shape index (κ2) is 8.21. The van der Waals surface area contributed by atoms with Crippen molar-refractivity contribution >= 4 is 17.7 Å². The molecule has 27 heavy (non-hydrogen) atoms. The molecule has 0 unspecified atom stereocenters. The zero-order valence-electron chi connectivity index (χ0n) is 16.1. The molecule has 0 aromatic carbocycles. The molecular weight excluding hydrogens is 348 g/mol. The fraction of sp³-hybridized carbons (Fsp3) is 0.529. The Morgan fingerprint density at radius 2 is 1.89 bits per heavy atom. The van der Waals surface area contributed by atoms with Gasteiger partial charge in [0, 0.05) is 45.6 Å². The van der Waals surface area contributed by atoms with Crippen molar-refractivity contribution in [3.8, 4) is 11.9 Å². The molecule has 0 bridgehead atoms. The summed E-state index contributed by atoms with van der Waals surface area (Å²) in [6.07, 6.45) is 0.666. The minimum Gasteiger partial charge on any atom is -0.405 e. The third-order valence-electron chi connectivity index (χ3n) is 4.07. The number of likely N-dealkylation sites (N-methyl/N-ethyl adjacent to an activating group) is 1. The van der Waals surface area contributed by atoms with E-state index in [2.05, 4.69) is 47.1 Å². The van der Waals surface area contributed by atoms with Gasteiger partial charge >= 0.3 is 6.01 Å². The Morgan fingerprint density at radius 3 is 2.56 bits per heavy atom. The number of nitrogens with zero attached hydrogens (tertiary/aromatic N) is 7. The molecule has 10 nitrogen and oxygen atoms in total. The maximum absolute atomic E-state index is 11.3. The first-order chi connectivity index (χ1) is 12.9. The van der Waals surface area contributed by atoms with Gasteiger partial charge in [0.2, 0.25) is 17.7 Å². The topological polar surface area (TPSA) is 109 Å². The van der Waals surface area contributed by atoms with Crippen molar-refractivity contribution in [3.63, 3.8) is 0 Å². The van der Waals surface area contributed by atoms with Gasteiger partial charge in [-0.25, -0.2) is 4.98 Å². The van der Waals surface area contributed by atoms with Gasteiger partial charge in [0.05, 0.1) is 0 Å². The van der Waals surface area contributed by atoms with E-state index in [9.17, 15) is 4.79 Å². The molecule has 1 amide bonds. The summed E-state index contributed by atoms with van der Waals surface area (Å²) in [4.78, 5) is 37.4. The fourth-order valence-electron chi connectivity index (χ4n) is 2.67. The Morgan fingerprint density at radius 1 is 1.15 bits per heavy atom. The van der Waals surface area contributed by atoms with E-state index >= 15 is 0 Å². The Hall–Kier alpha value is -2.88. The largest absolute Gasteiger partial charge is 0.405 e. The van der Waals surface area contributed by atoms with Crippen LogP contribution in [0.2, 0.25) is 0 Å². The zero-order valence-corrected chi connectivity index (χ0v) is 16.1. The van der Waals surface area contributed by atoms with Gasteiger partial charge in [-0.15, -0.1) is 0 Å². The zero-order chi connectivity index (χ0) is 19.4. The third-order valence-corrected chi connectivity index (χ3v) is 4.07. The molecule has 0 radical (unpaired) electrons. The van der Waals surface area contributed by atoms with E-state index in [0.717, 1.165) is 26.2 Å². The molecule has 3 heterocycles. The van der Waals surface area contributed by atoms with E-state index in [1.54, 1.807) is 13.0 Å². The van der Waals surface area contributed by atoms with Crippen molar-refractivity contribution in [2.24, 2.45) is 0 Å². The van der Waals surface area contributed by atoms with Crippen molar-refractivity contribution in [2.45, 2.75) is 27.2 Å². The molecule has 1 saturated heterocycles. The molecule has 10 heteroatoms. The van der Waals surface area contributed by atoms with Crippen LogP contribution in [0.5, 0.6) is 11.9 Å². The number of hydrogen-bond donors (Lipinski definition) is 1. The molecule has 3 rings (SSSR count). The van der Waals surface area contributed by atoms with Crippen LogP contribution in [-0.2, 0) is 11.2 Å². The fourth-order valence-corrected chi connectivity index (χ4v) is 2.67. The number of aromatic nitrogens is 5. The Balaban J connectivity index is 1.85.